The molecule has 10 nitrogen and oxygen atoms in total. The van der Waals surface area contributed by atoms with E-state index in [9.17, 15) is 14.4 Å². The van der Waals surface area contributed by atoms with Crippen LogP contribution in [0.2, 0.25) is 0 Å². The lowest BCUT2D eigenvalue weighted by Crippen LogP contribution is -2.58. The number of rotatable bonds is 12. The van der Waals surface area contributed by atoms with Crippen molar-refractivity contribution in [2.75, 3.05) is 20.3 Å². The molecule has 2 aliphatic rings. The quantitative estimate of drug-likeness (QED) is 0.199. The molecule has 2 heterocycles. The molecule has 0 aliphatic carbocycles. The number of halogens is 1. The van der Waals surface area contributed by atoms with Crippen molar-refractivity contribution in [2.45, 2.75) is 73.9 Å². The monoisotopic (exact) mass is 690 g/mol. The third-order valence-electron chi connectivity index (χ3n) is 7.61. The number of benzene rings is 2. The standard InChI is InChI=1S/C31H39IN4O6/c1-20(33)27(37)34-26(21(2)41-18-22-9-5-4-6-10-22)29(38)36-14-8-13-25(36)28-35-31(19-42-28,30(39)40-3)16-23-11-7-12-24(15-23)17-32/h4-7,9-12,15,20-21,25-26H,8,13-14,16-19,33H2,1-3H3,(H,34,37)/t20-,21+,25-,26-,31+/m0/s1. The number of esters is 1. The van der Waals surface area contributed by atoms with E-state index >= 15 is 0 Å². The summed E-state index contributed by atoms with van der Waals surface area (Å²) in [5.74, 6) is -0.930. The van der Waals surface area contributed by atoms with Crippen molar-refractivity contribution in [3.05, 3.63) is 71.3 Å². The van der Waals surface area contributed by atoms with Crippen LogP contribution in [-0.4, -0.2) is 78.6 Å². The van der Waals surface area contributed by atoms with Crippen LogP contribution in [0.5, 0.6) is 0 Å². The number of carbonyl (C=O) groups excluding carboxylic acids is 3. The number of methoxy groups -OCH3 is 1. The van der Waals surface area contributed by atoms with Crippen molar-refractivity contribution in [3.8, 4) is 0 Å². The number of hydrogen-bond acceptors (Lipinski definition) is 8. The van der Waals surface area contributed by atoms with Gasteiger partial charge in [0.2, 0.25) is 17.7 Å². The molecule has 11 heteroatoms. The van der Waals surface area contributed by atoms with E-state index in [0.717, 1.165) is 27.5 Å². The minimum absolute atomic E-state index is 0.0173. The third-order valence-corrected chi connectivity index (χ3v) is 8.49. The Morgan fingerprint density at radius 1 is 1.14 bits per heavy atom. The van der Waals surface area contributed by atoms with E-state index in [1.807, 2.05) is 48.5 Å². The van der Waals surface area contributed by atoms with Crippen molar-refractivity contribution < 1.29 is 28.6 Å². The first kappa shape index (κ1) is 31.9. The Balaban J connectivity index is 1.57. The molecule has 2 aromatic carbocycles. The van der Waals surface area contributed by atoms with Crippen LogP contribution < -0.4 is 11.1 Å². The fraction of sp³-hybridized carbons (Fsp3) is 0.484. The zero-order valence-corrected chi connectivity index (χ0v) is 26.4. The second kappa shape index (κ2) is 14.4. The molecule has 1 fully saturated rings. The van der Waals surface area contributed by atoms with Gasteiger partial charge in [-0.2, -0.15) is 0 Å². The van der Waals surface area contributed by atoms with E-state index in [1.54, 1.807) is 18.7 Å². The first-order chi connectivity index (χ1) is 20.2. The largest absolute Gasteiger partial charge is 0.476 e. The van der Waals surface area contributed by atoms with E-state index in [0.29, 0.717) is 25.3 Å². The van der Waals surface area contributed by atoms with Crippen molar-refractivity contribution in [3.63, 3.8) is 0 Å². The lowest BCUT2D eigenvalue weighted by molar-refractivity contribution is -0.147. The van der Waals surface area contributed by atoms with E-state index < -0.39 is 41.6 Å². The summed E-state index contributed by atoms with van der Waals surface area (Å²) in [4.78, 5) is 46.2. The first-order valence-electron chi connectivity index (χ1n) is 14.1. The van der Waals surface area contributed by atoms with Gasteiger partial charge in [0, 0.05) is 17.4 Å². The number of likely N-dealkylation sites (tertiary alicyclic amines) is 1. The maximum Gasteiger partial charge on any atom is 0.337 e. The van der Waals surface area contributed by atoms with Crippen molar-refractivity contribution >= 4 is 46.3 Å². The molecule has 0 radical (unpaired) electrons. The number of alkyl halides is 1. The molecular formula is C31H39IN4O6. The molecule has 0 unspecified atom stereocenters. The second-order valence-electron chi connectivity index (χ2n) is 10.9. The Bertz CT molecular complexity index is 1290. The Labute approximate surface area is 260 Å². The van der Waals surface area contributed by atoms with Gasteiger partial charge in [0.15, 0.2) is 5.54 Å². The summed E-state index contributed by atoms with van der Waals surface area (Å²) in [7, 11) is 1.34. The Kier molecular flexibility index (Phi) is 11.0. The summed E-state index contributed by atoms with van der Waals surface area (Å²) in [6.07, 6.45) is 0.993. The van der Waals surface area contributed by atoms with Crippen molar-refractivity contribution in [1.29, 1.82) is 0 Å². The molecule has 42 heavy (non-hydrogen) atoms. The minimum atomic E-state index is -1.25. The smallest absolute Gasteiger partial charge is 0.337 e. The van der Waals surface area contributed by atoms with Gasteiger partial charge in [0.05, 0.1) is 25.9 Å². The van der Waals surface area contributed by atoms with Gasteiger partial charge >= 0.3 is 5.97 Å². The lowest BCUT2D eigenvalue weighted by Gasteiger charge is -2.32. The van der Waals surface area contributed by atoms with E-state index in [2.05, 4.69) is 34.0 Å². The average molecular weight is 691 g/mol. The van der Waals surface area contributed by atoms with Crippen LogP contribution in [0.15, 0.2) is 59.6 Å². The highest BCUT2D eigenvalue weighted by Crippen LogP contribution is 2.31. The highest BCUT2D eigenvalue weighted by atomic mass is 127. The fourth-order valence-electron chi connectivity index (χ4n) is 5.29. The van der Waals surface area contributed by atoms with Crippen LogP contribution in [0, 0.1) is 0 Å². The molecular weight excluding hydrogens is 651 g/mol. The molecule has 1 saturated heterocycles. The van der Waals surface area contributed by atoms with E-state index in [4.69, 9.17) is 24.9 Å². The van der Waals surface area contributed by atoms with E-state index in [1.165, 1.54) is 7.11 Å². The second-order valence-corrected chi connectivity index (χ2v) is 11.6. The molecule has 2 aromatic rings. The summed E-state index contributed by atoms with van der Waals surface area (Å²) in [6, 6.07) is 15.4. The predicted octanol–water partition coefficient (Wildman–Crippen LogP) is 2.93. The molecule has 3 N–H and O–H groups in total. The topological polar surface area (TPSA) is 133 Å². The van der Waals surface area contributed by atoms with Crippen LogP contribution in [0.25, 0.3) is 0 Å². The zero-order chi connectivity index (χ0) is 30.3. The molecule has 0 spiro atoms. The molecule has 0 bridgehead atoms. The SMILES string of the molecule is COC(=O)[C@@]1(Cc2cccc(CI)c2)COC([C@@H]2CCCN2C(=O)[C@@H](NC(=O)[C@H](C)N)[C@@H](C)OCc2ccccc2)=N1. The molecule has 2 amide bonds. The Hall–Kier alpha value is -3.03. The maximum atomic E-state index is 14.0. The van der Waals surface area contributed by atoms with Gasteiger partial charge in [0.25, 0.3) is 0 Å². The molecule has 0 aromatic heterocycles. The Morgan fingerprint density at radius 3 is 2.55 bits per heavy atom. The van der Waals surface area contributed by atoms with Gasteiger partial charge in [0.1, 0.15) is 18.7 Å². The molecule has 5 atom stereocenters. The van der Waals surface area contributed by atoms with Gasteiger partial charge in [-0.1, -0.05) is 77.2 Å². The predicted molar refractivity (Wildman–Crippen MR) is 167 cm³/mol. The number of aliphatic imine (C=N–C) groups is 1. The number of nitrogens with one attached hydrogen (secondary N) is 1. The summed E-state index contributed by atoms with van der Waals surface area (Å²) in [5.41, 5.74) is 7.62. The summed E-state index contributed by atoms with van der Waals surface area (Å²) >= 11 is 2.30. The number of ether oxygens (including phenoxy) is 3. The minimum Gasteiger partial charge on any atom is -0.476 e. The number of carbonyl (C=O) groups is 3. The fourth-order valence-corrected chi connectivity index (χ4v) is 5.76. The van der Waals surface area contributed by atoms with Crippen LogP contribution >= 0.6 is 22.6 Å². The van der Waals surface area contributed by atoms with E-state index in [-0.39, 0.29) is 19.1 Å². The molecule has 0 saturated carbocycles. The van der Waals surface area contributed by atoms with Gasteiger partial charge in [-0.15, -0.1) is 0 Å². The highest BCUT2D eigenvalue weighted by molar-refractivity contribution is 14.1. The summed E-state index contributed by atoms with van der Waals surface area (Å²) < 4.78 is 18.1. The first-order valence-corrected chi connectivity index (χ1v) is 15.7. The summed E-state index contributed by atoms with van der Waals surface area (Å²) in [6.45, 7) is 4.07. The van der Waals surface area contributed by atoms with Gasteiger partial charge in [-0.3, -0.25) is 9.59 Å². The van der Waals surface area contributed by atoms with Crippen molar-refractivity contribution in [2.24, 2.45) is 10.7 Å². The van der Waals surface area contributed by atoms with Crippen LogP contribution in [-0.2, 0) is 46.0 Å². The average Bonchev–Trinajstić information content (AvgIpc) is 3.66. The molecule has 2 aliphatic heterocycles. The maximum absolute atomic E-state index is 14.0. The summed E-state index contributed by atoms with van der Waals surface area (Å²) in [5, 5.41) is 2.79. The zero-order valence-electron chi connectivity index (χ0n) is 24.3. The number of nitrogens with zero attached hydrogens (tertiary/aromatic N) is 2. The van der Waals surface area contributed by atoms with Crippen LogP contribution in [0.4, 0.5) is 0 Å². The van der Waals surface area contributed by atoms with Crippen LogP contribution in [0.3, 0.4) is 0 Å². The number of hydrogen-bond donors (Lipinski definition) is 2. The van der Waals surface area contributed by atoms with Crippen LogP contribution in [0.1, 0.15) is 43.4 Å². The number of nitrogens with two attached hydrogens (primary N) is 1. The van der Waals surface area contributed by atoms with Gasteiger partial charge in [-0.05, 0) is 43.4 Å². The lowest BCUT2D eigenvalue weighted by atomic mass is 9.92. The van der Waals surface area contributed by atoms with Crippen molar-refractivity contribution in [1.82, 2.24) is 10.2 Å². The third kappa shape index (κ3) is 7.48. The number of amides is 2. The van der Waals surface area contributed by atoms with Gasteiger partial charge in [-0.25, -0.2) is 9.79 Å². The molecule has 4 rings (SSSR count). The normalized spacial score (nSPS) is 22.1. The Morgan fingerprint density at radius 2 is 1.86 bits per heavy atom. The van der Waals surface area contributed by atoms with Gasteiger partial charge < -0.3 is 30.2 Å². The molecule has 226 valence electrons. The highest BCUT2D eigenvalue weighted by Gasteiger charge is 2.49.